The fourth-order valence-corrected chi connectivity index (χ4v) is 2.68. The van der Waals surface area contributed by atoms with E-state index in [9.17, 15) is 14.4 Å². The summed E-state index contributed by atoms with van der Waals surface area (Å²) < 4.78 is 7.79. The first-order valence-electron chi connectivity index (χ1n) is 7.68. The van der Waals surface area contributed by atoms with Gasteiger partial charge in [-0.2, -0.15) is 0 Å². The van der Waals surface area contributed by atoms with Gasteiger partial charge in [0.25, 0.3) is 5.56 Å². The minimum Gasteiger partial charge on any atom is -0.426 e. The van der Waals surface area contributed by atoms with E-state index >= 15 is 0 Å². The van der Waals surface area contributed by atoms with Crippen LogP contribution in [-0.2, 0) is 4.79 Å². The number of carbonyl (C=O) groups excluding carboxylic acids is 2. The number of benzene rings is 2. The fourth-order valence-electron chi connectivity index (χ4n) is 2.68. The summed E-state index contributed by atoms with van der Waals surface area (Å²) in [6.07, 6.45) is 0. The standard InChI is InChI=1S/C19H16N2O4/c1-13(22)20-17(16-10-6-7-11-18(16)25-14(2)23)12-19(24)21(20)15-8-4-3-5-9-15/h3-12H,1-2H3. The SMILES string of the molecule is CC(=O)Oc1ccccc1-c1cc(=O)n(-c2ccccc2)n1C(C)=O. The Morgan fingerprint density at radius 3 is 2.20 bits per heavy atom. The number of aromatic nitrogens is 2. The van der Waals surface area contributed by atoms with Crippen LogP contribution in [-0.4, -0.2) is 21.2 Å². The predicted octanol–water partition coefficient (Wildman–Crippen LogP) is 2.89. The molecular weight excluding hydrogens is 320 g/mol. The highest BCUT2D eigenvalue weighted by atomic mass is 16.5. The van der Waals surface area contributed by atoms with Gasteiger partial charge in [0.05, 0.1) is 11.4 Å². The largest absolute Gasteiger partial charge is 0.426 e. The number of nitrogens with zero attached hydrogens (tertiary/aromatic N) is 2. The van der Waals surface area contributed by atoms with Crippen molar-refractivity contribution in [2.45, 2.75) is 13.8 Å². The van der Waals surface area contributed by atoms with Crippen LogP contribution >= 0.6 is 0 Å². The second-order valence-corrected chi connectivity index (χ2v) is 5.44. The summed E-state index contributed by atoms with van der Waals surface area (Å²) >= 11 is 0. The van der Waals surface area contributed by atoms with Gasteiger partial charge in [-0.05, 0) is 24.3 Å². The first-order chi connectivity index (χ1) is 12.0. The lowest BCUT2D eigenvalue weighted by Crippen LogP contribution is -2.24. The second-order valence-electron chi connectivity index (χ2n) is 5.44. The van der Waals surface area contributed by atoms with Crippen LogP contribution < -0.4 is 10.3 Å². The van der Waals surface area contributed by atoms with Crippen molar-refractivity contribution >= 4 is 11.9 Å². The zero-order valence-corrected chi connectivity index (χ0v) is 13.8. The second kappa shape index (κ2) is 6.60. The van der Waals surface area contributed by atoms with Gasteiger partial charge in [0, 0.05) is 25.5 Å². The number of carbonyl (C=O) groups is 2. The number of para-hydroxylation sites is 2. The minimum atomic E-state index is -0.480. The summed E-state index contributed by atoms with van der Waals surface area (Å²) in [6.45, 7) is 2.67. The van der Waals surface area contributed by atoms with Gasteiger partial charge in [0.2, 0.25) is 5.91 Å². The zero-order valence-electron chi connectivity index (χ0n) is 13.8. The Labute approximate surface area is 143 Å². The lowest BCUT2D eigenvalue weighted by molar-refractivity contribution is -0.131. The van der Waals surface area contributed by atoms with E-state index in [2.05, 4.69) is 0 Å². The third-order valence-corrected chi connectivity index (χ3v) is 3.61. The third-order valence-electron chi connectivity index (χ3n) is 3.61. The van der Waals surface area contributed by atoms with Gasteiger partial charge in [-0.3, -0.25) is 14.4 Å². The van der Waals surface area contributed by atoms with Crippen molar-refractivity contribution in [3.8, 4) is 22.7 Å². The molecule has 0 bridgehead atoms. The summed E-state index contributed by atoms with van der Waals surface area (Å²) in [5.41, 5.74) is 1.06. The molecule has 25 heavy (non-hydrogen) atoms. The van der Waals surface area contributed by atoms with Gasteiger partial charge in [-0.15, -0.1) is 0 Å². The molecule has 0 saturated carbocycles. The highest BCUT2D eigenvalue weighted by Crippen LogP contribution is 2.30. The number of hydrogen-bond acceptors (Lipinski definition) is 4. The quantitative estimate of drug-likeness (QED) is 0.545. The molecule has 0 N–H and O–H groups in total. The fraction of sp³-hybridized carbons (Fsp3) is 0.105. The van der Waals surface area contributed by atoms with E-state index in [4.69, 9.17) is 4.74 Å². The number of rotatable bonds is 3. The molecule has 0 unspecified atom stereocenters. The maximum Gasteiger partial charge on any atom is 0.308 e. The van der Waals surface area contributed by atoms with E-state index in [-0.39, 0.29) is 17.2 Å². The van der Waals surface area contributed by atoms with Crippen LogP contribution in [0.5, 0.6) is 5.75 Å². The molecule has 0 saturated heterocycles. The van der Waals surface area contributed by atoms with Crippen molar-refractivity contribution in [3.05, 3.63) is 71.0 Å². The molecule has 1 heterocycles. The molecule has 0 aliphatic carbocycles. The van der Waals surface area contributed by atoms with Crippen molar-refractivity contribution in [1.82, 2.24) is 9.36 Å². The van der Waals surface area contributed by atoms with Crippen LogP contribution in [0.2, 0.25) is 0 Å². The molecule has 0 fully saturated rings. The summed E-state index contributed by atoms with van der Waals surface area (Å²) in [7, 11) is 0. The Bertz CT molecular complexity index is 1000. The van der Waals surface area contributed by atoms with E-state index in [1.54, 1.807) is 48.5 Å². The lowest BCUT2D eigenvalue weighted by Gasteiger charge is -2.13. The first-order valence-corrected chi connectivity index (χ1v) is 7.68. The van der Waals surface area contributed by atoms with Gasteiger partial charge in [0.15, 0.2) is 0 Å². The minimum absolute atomic E-state index is 0.287. The van der Waals surface area contributed by atoms with Crippen LogP contribution in [0.1, 0.15) is 18.6 Å². The van der Waals surface area contributed by atoms with Crippen molar-refractivity contribution in [2.75, 3.05) is 0 Å². The van der Waals surface area contributed by atoms with Crippen molar-refractivity contribution in [3.63, 3.8) is 0 Å². The summed E-state index contributed by atoms with van der Waals surface area (Å²) in [5, 5.41) is 0. The highest BCUT2D eigenvalue weighted by Gasteiger charge is 2.20. The molecule has 2 aromatic carbocycles. The lowest BCUT2D eigenvalue weighted by atomic mass is 10.1. The van der Waals surface area contributed by atoms with Crippen LogP contribution in [0, 0.1) is 0 Å². The summed E-state index contributed by atoms with van der Waals surface area (Å²) in [5.74, 6) is -0.527. The molecule has 3 rings (SSSR count). The van der Waals surface area contributed by atoms with Gasteiger partial charge in [0.1, 0.15) is 5.75 Å². The normalized spacial score (nSPS) is 10.5. The van der Waals surface area contributed by atoms with Crippen molar-refractivity contribution < 1.29 is 14.3 Å². The molecule has 0 aliphatic heterocycles. The molecule has 3 aromatic rings. The van der Waals surface area contributed by atoms with Gasteiger partial charge >= 0.3 is 5.97 Å². The van der Waals surface area contributed by atoms with E-state index in [0.29, 0.717) is 16.9 Å². The Morgan fingerprint density at radius 2 is 1.56 bits per heavy atom. The van der Waals surface area contributed by atoms with E-state index in [0.717, 1.165) is 0 Å². The van der Waals surface area contributed by atoms with Crippen LogP contribution in [0.15, 0.2) is 65.5 Å². The summed E-state index contributed by atoms with van der Waals surface area (Å²) in [4.78, 5) is 36.2. The predicted molar refractivity (Wildman–Crippen MR) is 93.1 cm³/mol. The van der Waals surface area contributed by atoms with Crippen molar-refractivity contribution in [1.29, 1.82) is 0 Å². The van der Waals surface area contributed by atoms with Crippen LogP contribution in [0.4, 0.5) is 0 Å². The zero-order chi connectivity index (χ0) is 18.0. The van der Waals surface area contributed by atoms with E-state index in [1.807, 2.05) is 6.07 Å². The molecule has 126 valence electrons. The first kappa shape index (κ1) is 16.4. The Balaban J connectivity index is 2.28. The molecule has 1 aromatic heterocycles. The van der Waals surface area contributed by atoms with Crippen LogP contribution in [0.3, 0.4) is 0 Å². The monoisotopic (exact) mass is 336 g/mol. The molecular formula is C19H16N2O4. The average Bonchev–Trinajstić information content (AvgIpc) is 2.93. The maximum absolute atomic E-state index is 12.6. The van der Waals surface area contributed by atoms with Gasteiger partial charge in [-0.1, -0.05) is 30.3 Å². The molecule has 0 aliphatic rings. The smallest absolute Gasteiger partial charge is 0.308 e. The molecule has 0 atom stereocenters. The molecule has 0 spiro atoms. The topological polar surface area (TPSA) is 70.3 Å². The Kier molecular flexibility index (Phi) is 4.35. The van der Waals surface area contributed by atoms with Crippen molar-refractivity contribution in [2.24, 2.45) is 0 Å². The number of hydrogen-bond donors (Lipinski definition) is 0. The molecule has 6 nitrogen and oxygen atoms in total. The highest BCUT2D eigenvalue weighted by molar-refractivity contribution is 5.84. The maximum atomic E-state index is 12.6. The van der Waals surface area contributed by atoms with E-state index < -0.39 is 5.97 Å². The average molecular weight is 336 g/mol. The van der Waals surface area contributed by atoms with Gasteiger partial charge < -0.3 is 4.74 Å². The Morgan fingerprint density at radius 1 is 0.920 bits per heavy atom. The molecule has 6 heteroatoms. The van der Waals surface area contributed by atoms with Gasteiger partial charge in [-0.25, -0.2) is 9.36 Å². The molecule has 0 radical (unpaired) electrons. The third kappa shape index (κ3) is 3.14. The summed E-state index contributed by atoms with van der Waals surface area (Å²) in [6, 6.07) is 17.0. The molecule has 0 amide bonds. The van der Waals surface area contributed by atoms with E-state index in [1.165, 1.54) is 29.3 Å². The Hall–Kier alpha value is -3.41. The van der Waals surface area contributed by atoms with Crippen LogP contribution in [0.25, 0.3) is 16.9 Å². The number of ether oxygens (including phenoxy) is 1. The number of esters is 1.